The molecular formula is C8H15NO2S. The van der Waals surface area contributed by atoms with Gasteiger partial charge in [-0.3, -0.25) is 4.79 Å². The predicted molar refractivity (Wildman–Crippen MR) is 50.6 cm³/mol. The van der Waals surface area contributed by atoms with Crippen molar-refractivity contribution in [1.82, 2.24) is 5.32 Å². The molecule has 70 valence electrons. The van der Waals surface area contributed by atoms with Gasteiger partial charge < -0.3 is 10.4 Å². The van der Waals surface area contributed by atoms with Crippen molar-refractivity contribution in [2.24, 2.45) is 0 Å². The van der Waals surface area contributed by atoms with Crippen LogP contribution >= 0.6 is 11.8 Å². The van der Waals surface area contributed by atoms with Gasteiger partial charge in [-0.05, 0) is 32.6 Å². The summed E-state index contributed by atoms with van der Waals surface area (Å²) in [6, 6.07) is 0. The lowest BCUT2D eigenvalue weighted by molar-refractivity contribution is -0.144. The number of hydrogen-bond acceptors (Lipinski definition) is 3. The second kappa shape index (κ2) is 3.66. The molecule has 0 aromatic carbocycles. The highest BCUT2D eigenvalue weighted by molar-refractivity contribution is 7.99. The summed E-state index contributed by atoms with van der Waals surface area (Å²) in [5.41, 5.74) is -0.645. The summed E-state index contributed by atoms with van der Waals surface area (Å²) in [5.74, 6) is -0.707. The van der Waals surface area contributed by atoms with E-state index in [-0.39, 0.29) is 0 Å². The monoisotopic (exact) mass is 189 g/mol. The smallest absolute Gasteiger partial charge is 0.323 e. The fourth-order valence-electron chi connectivity index (χ4n) is 1.73. The molecule has 0 saturated heterocycles. The second-order valence-corrected chi connectivity index (χ2v) is 4.38. The number of nitrogens with one attached hydrogen (secondary N) is 1. The molecule has 0 radical (unpaired) electrons. The van der Waals surface area contributed by atoms with Crippen molar-refractivity contribution in [2.75, 3.05) is 13.3 Å². The van der Waals surface area contributed by atoms with Gasteiger partial charge in [0.05, 0.1) is 0 Å². The van der Waals surface area contributed by atoms with Gasteiger partial charge in [0.25, 0.3) is 0 Å². The van der Waals surface area contributed by atoms with Gasteiger partial charge in [-0.25, -0.2) is 0 Å². The molecule has 0 spiro atoms. The maximum atomic E-state index is 10.9. The van der Waals surface area contributed by atoms with E-state index in [0.29, 0.717) is 5.25 Å². The van der Waals surface area contributed by atoms with Crippen LogP contribution in [0.4, 0.5) is 0 Å². The molecule has 2 unspecified atom stereocenters. The van der Waals surface area contributed by atoms with E-state index in [1.807, 2.05) is 6.26 Å². The van der Waals surface area contributed by atoms with E-state index in [1.54, 1.807) is 18.8 Å². The molecule has 2 N–H and O–H groups in total. The lowest BCUT2D eigenvalue weighted by atomic mass is 9.99. The minimum absolute atomic E-state index is 0.508. The van der Waals surface area contributed by atoms with Crippen LogP contribution in [-0.4, -0.2) is 35.2 Å². The molecule has 1 saturated carbocycles. The standard InChI is InChI=1S/C8H15NO2S/c1-9-8(7(10)11)4-3-6(5-8)12-2/h6,9H,3-5H2,1-2H3,(H,10,11). The van der Waals surface area contributed by atoms with Crippen LogP contribution in [0.3, 0.4) is 0 Å². The first-order valence-electron chi connectivity index (χ1n) is 4.10. The van der Waals surface area contributed by atoms with Crippen LogP contribution in [0, 0.1) is 0 Å². The summed E-state index contributed by atoms with van der Waals surface area (Å²) in [6.45, 7) is 0. The number of hydrogen-bond donors (Lipinski definition) is 2. The highest BCUT2D eigenvalue weighted by Crippen LogP contribution is 2.35. The SMILES string of the molecule is CNC1(C(=O)O)CCC(SC)C1. The normalized spacial score (nSPS) is 35.3. The second-order valence-electron chi connectivity index (χ2n) is 3.24. The molecule has 0 aromatic rings. The van der Waals surface area contributed by atoms with Crippen LogP contribution in [0.5, 0.6) is 0 Å². The summed E-state index contributed by atoms with van der Waals surface area (Å²) in [7, 11) is 1.73. The first-order chi connectivity index (χ1) is 5.64. The van der Waals surface area contributed by atoms with Crippen molar-refractivity contribution < 1.29 is 9.90 Å². The highest BCUT2D eigenvalue weighted by atomic mass is 32.2. The van der Waals surface area contributed by atoms with E-state index in [2.05, 4.69) is 5.32 Å². The molecule has 0 bridgehead atoms. The van der Waals surface area contributed by atoms with Crippen LogP contribution in [0.15, 0.2) is 0 Å². The van der Waals surface area contributed by atoms with Gasteiger partial charge in [0.1, 0.15) is 5.54 Å². The van der Waals surface area contributed by atoms with Gasteiger partial charge in [0.2, 0.25) is 0 Å². The summed E-state index contributed by atoms with van der Waals surface area (Å²) >= 11 is 1.76. The van der Waals surface area contributed by atoms with Gasteiger partial charge in [0, 0.05) is 5.25 Å². The largest absolute Gasteiger partial charge is 0.480 e. The number of aliphatic carboxylic acids is 1. The molecule has 1 aliphatic rings. The van der Waals surface area contributed by atoms with Gasteiger partial charge in [-0.2, -0.15) is 11.8 Å². The van der Waals surface area contributed by atoms with E-state index in [4.69, 9.17) is 5.11 Å². The molecule has 4 heteroatoms. The van der Waals surface area contributed by atoms with Gasteiger partial charge in [0.15, 0.2) is 0 Å². The van der Waals surface area contributed by atoms with Crippen LogP contribution in [0.25, 0.3) is 0 Å². The average molecular weight is 189 g/mol. The molecule has 1 aliphatic carbocycles. The lowest BCUT2D eigenvalue weighted by Gasteiger charge is -2.23. The van der Waals surface area contributed by atoms with Crippen molar-refractivity contribution >= 4 is 17.7 Å². The summed E-state index contributed by atoms with van der Waals surface area (Å²) in [5, 5.41) is 12.4. The molecule has 2 atom stereocenters. The Kier molecular flexibility index (Phi) is 3.01. The Morgan fingerprint density at radius 1 is 1.75 bits per heavy atom. The molecule has 1 fully saturated rings. The third-order valence-electron chi connectivity index (χ3n) is 2.69. The van der Waals surface area contributed by atoms with Crippen LogP contribution in [0.1, 0.15) is 19.3 Å². The number of likely N-dealkylation sites (N-methyl/N-ethyl adjacent to an activating group) is 1. The molecule has 3 nitrogen and oxygen atoms in total. The Bertz CT molecular complexity index is 186. The third-order valence-corrected chi connectivity index (χ3v) is 3.76. The Hall–Kier alpha value is -0.220. The Morgan fingerprint density at radius 3 is 2.67 bits per heavy atom. The van der Waals surface area contributed by atoms with E-state index in [0.717, 1.165) is 19.3 Å². The summed E-state index contributed by atoms with van der Waals surface area (Å²) in [4.78, 5) is 10.9. The molecule has 0 heterocycles. The zero-order valence-electron chi connectivity index (χ0n) is 7.46. The number of rotatable bonds is 3. The van der Waals surface area contributed by atoms with E-state index >= 15 is 0 Å². The van der Waals surface area contributed by atoms with Crippen molar-refractivity contribution in [3.63, 3.8) is 0 Å². The highest BCUT2D eigenvalue weighted by Gasteiger charge is 2.43. The maximum absolute atomic E-state index is 10.9. The van der Waals surface area contributed by atoms with E-state index in [1.165, 1.54) is 0 Å². The number of carbonyl (C=O) groups is 1. The summed E-state index contributed by atoms with van der Waals surface area (Å²) < 4.78 is 0. The molecule has 0 amide bonds. The predicted octanol–water partition coefficient (Wildman–Crippen LogP) is 0.945. The minimum Gasteiger partial charge on any atom is -0.480 e. The zero-order chi connectivity index (χ0) is 9.19. The first-order valence-corrected chi connectivity index (χ1v) is 5.38. The van der Waals surface area contributed by atoms with Gasteiger partial charge >= 0.3 is 5.97 Å². The minimum atomic E-state index is -0.707. The average Bonchev–Trinajstić information content (AvgIpc) is 2.48. The Labute approximate surface area is 76.9 Å². The topological polar surface area (TPSA) is 49.3 Å². The number of thioether (sulfide) groups is 1. The molecule has 0 aromatic heterocycles. The molecule has 12 heavy (non-hydrogen) atoms. The van der Waals surface area contributed by atoms with Crippen molar-refractivity contribution in [1.29, 1.82) is 0 Å². The van der Waals surface area contributed by atoms with E-state index < -0.39 is 11.5 Å². The number of carboxylic acid groups (broad SMARTS) is 1. The molecule has 1 rings (SSSR count). The van der Waals surface area contributed by atoms with Crippen LogP contribution in [0.2, 0.25) is 0 Å². The fourth-order valence-corrected chi connectivity index (χ4v) is 2.53. The third kappa shape index (κ3) is 1.59. The van der Waals surface area contributed by atoms with Crippen molar-refractivity contribution in [3.05, 3.63) is 0 Å². The number of carboxylic acids is 1. The first kappa shape index (κ1) is 9.86. The lowest BCUT2D eigenvalue weighted by Crippen LogP contribution is -2.48. The Morgan fingerprint density at radius 2 is 2.42 bits per heavy atom. The molecular weight excluding hydrogens is 174 g/mol. The van der Waals surface area contributed by atoms with E-state index in [9.17, 15) is 4.79 Å². The maximum Gasteiger partial charge on any atom is 0.323 e. The molecule has 0 aliphatic heterocycles. The van der Waals surface area contributed by atoms with Gasteiger partial charge in [-0.15, -0.1) is 0 Å². The van der Waals surface area contributed by atoms with Crippen molar-refractivity contribution in [3.8, 4) is 0 Å². The van der Waals surface area contributed by atoms with Gasteiger partial charge in [-0.1, -0.05) is 0 Å². The van der Waals surface area contributed by atoms with Crippen molar-refractivity contribution in [2.45, 2.75) is 30.1 Å². The zero-order valence-corrected chi connectivity index (χ0v) is 8.28. The van der Waals surface area contributed by atoms with Crippen LogP contribution in [-0.2, 0) is 4.79 Å². The van der Waals surface area contributed by atoms with Crippen LogP contribution < -0.4 is 5.32 Å². The summed E-state index contributed by atoms with van der Waals surface area (Å²) in [6.07, 6.45) is 4.55. The fraction of sp³-hybridized carbons (Fsp3) is 0.875. The quantitative estimate of drug-likeness (QED) is 0.694. The Balaban J connectivity index is 2.66.